The van der Waals surface area contributed by atoms with Crippen molar-refractivity contribution in [1.29, 1.82) is 0 Å². The van der Waals surface area contributed by atoms with Gasteiger partial charge in [-0.15, -0.1) is 0 Å². The van der Waals surface area contributed by atoms with Gasteiger partial charge < -0.3 is 15.1 Å². The van der Waals surface area contributed by atoms with Crippen LogP contribution in [-0.2, 0) is 16.0 Å². The van der Waals surface area contributed by atoms with Crippen molar-refractivity contribution >= 4 is 28.9 Å². The molecule has 1 N–H and O–H groups in total. The molecule has 0 spiro atoms. The summed E-state index contributed by atoms with van der Waals surface area (Å²) < 4.78 is 14.6. The average molecular weight is 381 g/mol. The summed E-state index contributed by atoms with van der Waals surface area (Å²) in [5, 5.41) is 2.92. The number of carbonyl (C=O) groups is 2. The summed E-state index contributed by atoms with van der Waals surface area (Å²) in [7, 11) is 0. The highest BCUT2D eigenvalue weighted by molar-refractivity contribution is 6.03. The Hall–Kier alpha value is -2.89. The van der Waals surface area contributed by atoms with Crippen LogP contribution >= 0.6 is 0 Å². The van der Waals surface area contributed by atoms with E-state index in [4.69, 9.17) is 0 Å². The van der Waals surface area contributed by atoms with Gasteiger partial charge in [-0.1, -0.05) is 18.2 Å². The van der Waals surface area contributed by atoms with Crippen molar-refractivity contribution in [2.75, 3.05) is 34.8 Å². The van der Waals surface area contributed by atoms with Crippen LogP contribution in [0.5, 0.6) is 0 Å². The standard InChI is InChI=1S/C22H24FN3O2/c1-15-12-16-6-4-10-25(22(16)17(23)13-15)14-20(27)24-18-7-2-3-8-19(18)26-11-5-9-21(26)28/h2-3,7-8,12-13H,4-6,9-11,14H2,1H3,(H,24,27). The summed E-state index contributed by atoms with van der Waals surface area (Å²) in [5.74, 6) is -0.415. The van der Waals surface area contributed by atoms with Gasteiger partial charge in [-0.2, -0.15) is 0 Å². The highest BCUT2D eigenvalue weighted by Crippen LogP contribution is 2.32. The Morgan fingerprint density at radius 3 is 2.71 bits per heavy atom. The first-order valence-electron chi connectivity index (χ1n) is 9.76. The van der Waals surface area contributed by atoms with Crippen LogP contribution in [0.1, 0.15) is 30.4 Å². The minimum absolute atomic E-state index is 0.0732. The number of fused-ring (bicyclic) bond motifs is 1. The summed E-state index contributed by atoms with van der Waals surface area (Å²) in [6, 6.07) is 10.8. The van der Waals surface area contributed by atoms with E-state index in [2.05, 4.69) is 5.32 Å². The van der Waals surface area contributed by atoms with Crippen molar-refractivity contribution in [3.05, 3.63) is 53.3 Å². The van der Waals surface area contributed by atoms with Gasteiger partial charge in [0.25, 0.3) is 0 Å². The Morgan fingerprint density at radius 2 is 1.93 bits per heavy atom. The van der Waals surface area contributed by atoms with Crippen molar-refractivity contribution in [2.24, 2.45) is 0 Å². The van der Waals surface area contributed by atoms with Gasteiger partial charge >= 0.3 is 0 Å². The zero-order valence-corrected chi connectivity index (χ0v) is 16.0. The van der Waals surface area contributed by atoms with E-state index in [1.165, 1.54) is 6.07 Å². The molecule has 2 aromatic carbocycles. The third kappa shape index (κ3) is 3.59. The van der Waals surface area contributed by atoms with Crippen LogP contribution in [0.15, 0.2) is 36.4 Å². The van der Waals surface area contributed by atoms with Gasteiger partial charge in [0.1, 0.15) is 5.82 Å². The molecule has 0 saturated carbocycles. The van der Waals surface area contributed by atoms with Gasteiger partial charge in [-0.3, -0.25) is 9.59 Å². The maximum atomic E-state index is 14.6. The van der Waals surface area contributed by atoms with Gasteiger partial charge in [0.15, 0.2) is 0 Å². The van der Waals surface area contributed by atoms with E-state index in [0.29, 0.717) is 30.9 Å². The van der Waals surface area contributed by atoms with E-state index < -0.39 is 0 Å². The SMILES string of the molecule is Cc1cc(F)c2c(c1)CCCN2CC(=O)Nc1ccccc1N1CCCC1=O. The number of para-hydroxylation sites is 2. The molecule has 2 amide bonds. The van der Waals surface area contributed by atoms with Crippen molar-refractivity contribution in [3.63, 3.8) is 0 Å². The lowest BCUT2D eigenvalue weighted by molar-refractivity contribution is -0.117. The van der Waals surface area contributed by atoms with E-state index >= 15 is 0 Å². The Bertz CT molecular complexity index is 928. The number of anilines is 3. The lowest BCUT2D eigenvalue weighted by atomic mass is 9.99. The monoisotopic (exact) mass is 381 g/mol. The molecule has 4 rings (SSSR count). The van der Waals surface area contributed by atoms with Crippen LogP contribution in [0, 0.1) is 12.7 Å². The second kappa shape index (κ2) is 7.62. The number of rotatable bonds is 4. The van der Waals surface area contributed by atoms with E-state index in [1.54, 1.807) is 11.0 Å². The lowest BCUT2D eigenvalue weighted by Gasteiger charge is -2.31. The molecule has 2 aliphatic heterocycles. The fraction of sp³-hybridized carbons (Fsp3) is 0.364. The number of hydrogen-bond acceptors (Lipinski definition) is 3. The molecule has 0 aromatic heterocycles. The summed E-state index contributed by atoms with van der Waals surface area (Å²) in [4.78, 5) is 28.4. The van der Waals surface area contributed by atoms with Crippen LogP contribution in [0.25, 0.3) is 0 Å². The number of carbonyl (C=O) groups excluding carboxylic acids is 2. The fourth-order valence-electron chi connectivity index (χ4n) is 4.16. The number of nitrogens with one attached hydrogen (secondary N) is 1. The van der Waals surface area contributed by atoms with Gasteiger partial charge in [-0.25, -0.2) is 4.39 Å². The lowest BCUT2D eigenvalue weighted by Crippen LogP contribution is -2.37. The number of amides is 2. The molecule has 2 aromatic rings. The van der Waals surface area contributed by atoms with Crippen molar-refractivity contribution in [2.45, 2.75) is 32.6 Å². The molecule has 6 heteroatoms. The molecule has 0 radical (unpaired) electrons. The van der Waals surface area contributed by atoms with Crippen LogP contribution in [0.4, 0.5) is 21.5 Å². The summed E-state index contributed by atoms with van der Waals surface area (Å²) >= 11 is 0. The molecule has 0 aliphatic carbocycles. The molecule has 2 heterocycles. The van der Waals surface area contributed by atoms with E-state index in [1.807, 2.05) is 36.1 Å². The molecule has 0 atom stereocenters. The molecular formula is C22H24FN3O2. The van der Waals surface area contributed by atoms with Gasteiger partial charge in [0, 0.05) is 19.5 Å². The second-order valence-electron chi connectivity index (χ2n) is 7.49. The summed E-state index contributed by atoms with van der Waals surface area (Å²) in [6.45, 7) is 3.27. The van der Waals surface area contributed by atoms with Crippen LogP contribution < -0.4 is 15.1 Å². The third-order valence-corrected chi connectivity index (χ3v) is 5.35. The summed E-state index contributed by atoms with van der Waals surface area (Å²) in [5.41, 5.74) is 3.73. The first-order chi connectivity index (χ1) is 13.5. The van der Waals surface area contributed by atoms with Crippen molar-refractivity contribution in [1.82, 2.24) is 0 Å². The quantitative estimate of drug-likeness (QED) is 0.880. The predicted octanol–water partition coefficient (Wildman–Crippen LogP) is 3.65. The van der Waals surface area contributed by atoms with Crippen molar-refractivity contribution in [3.8, 4) is 0 Å². The Kier molecular flexibility index (Phi) is 5.03. The molecule has 28 heavy (non-hydrogen) atoms. The molecule has 146 valence electrons. The van der Waals surface area contributed by atoms with Crippen molar-refractivity contribution < 1.29 is 14.0 Å². The van der Waals surface area contributed by atoms with E-state index in [9.17, 15) is 14.0 Å². The van der Waals surface area contributed by atoms with E-state index in [0.717, 1.165) is 36.1 Å². The number of nitrogens with zero attached hydrogens (tertiary/aromatic N) is 2. The Morgan fingerprint density at radius 1 is 1.14 bits per heavy atom. The van der Waals surface area contributed by atoms with E-state index in [-0.39, 0.29) is 24.2 Å². The maximum absolute atomic E-state index is 14.6. The number of hydrogen-bond donors (Lipinski definition) is 1. The summed E-state index contributed by atoms with van der Waals surface area (Å²) in [6.07, 6.45) is 3.07. The zero-order valence-electron chi connectivity index (χ0n) is 16.0. The topological polar surface area (TPSA) is 52.7 Å². The maximum Gasteiger partial charge on any atom is 0.243 e. The highest BCUT2D eigenvalue weighted by atomic mass is 19.1. The smallest absolute Gasteiger partial charge is 0.243 e. The van der Waals surface area contributed by atoms with Gasteiger partial charge in [0.2, 0.25) is 11.8 Å². The number of aryl methyl sites for hydroxylation is 2. The minimum atomic E-state index is -0.273. The molecule has 5 nitrogen and oxygen atoms in total. The largest absolute Gasteiger partial charge is 0.360 e. The Balaban J connectivity index is 1.52. The number of benzene rings is 2. The molecule has 0 bridgehead atoms. The van der Waals surface area contributed by atoms with Crippen LogP contribution in [-0.4, -0.2) is 31.4 Å². The second-order valence-corrected chi connectivity index (χ2v) is 7.49. The molecule has 0 unspecified atom stereocenters. The fourth-order valence-corrected chi connectivity index (χ4v) is 4.16. The average Bonchev–Trinajstić information content (AvgIpc) is 3.07. The van der Waals surface area contributed by atoms with Crippen LogP contribution in [0.2, 0.25) is 0 Å². The normalized spacial score (nSPS) is 16.3. The zero-order chi connectivity index (χ0) is 19.7. The Labute approximate surface area is 164 Å². The van der Waals surface area contributed by atoms with Gasteiger partial charge in [0.05, 0.1) is 23.6 Å². The third-order valence-electron chi connectivity index (χ3n) is 5.35. The minimum Gasteiger partial charge on any atom is -0.360 e. The molecule has 2 aliphatic rings. The predicted molar refractivity (Wildman–Crippen MR) is 108 cm³/mol. The van der Waals surface area contributed by atoms with Gasteiger partial charge in [-0.05, 0) is 55.5 Å². The first kappa shape index (κ1) is 18.5. The number of halogens is 1. The highest BCUT2D eigenvalue weighted by Gasteiger charge is 2.26. The molecule has 1 saturated heterocycles. The first-order valence-corrected chi connectivity index (χ1v) is 9.76. The molecule has 1 fully saturated rings. The molecular weight excluding hydrogens is 357 g/mol. The van der Waals surface area contributed by atoms with Crippen LogP contribution in [0.3, 0.4) is 0 Å².